The Labute approximate surface area is 115 Å². The van der Waals surface area contributed by atoms with E-state index in [0.29, 0.717) is 12.4 Å². The lowest BCUT2D eigenvalue weighted by Crippen LogP contribution is -2.01. The van der Waals surface area contributed by atoms with Gasteiger partial charge in [0, 0.05) is 13.6 Å². The number of aromatic nitrogens is 2. The highest BCUT2D eigenvalue weighted by molar-refractivity contribution is 9.10. The zero-order valence-corrected chi connectivity index (χ0v) is 12.3. The minimum atomic E-state index is 0.415. The van der Waals surface area contributed by atoms with Crippen LogP contribution in [0.4, 0.5) is 0 Å². The molecule has 0 saturated carbocycles. The topological polar surface area (TPSA) is 53.1 Å². The van der Waals surface area contributed by atoms with Crippen LogP contribution in [0.1, 0.15) is 16.8 Å². The van der Waals surface area contributed by atoms with Crippen molar-refractivity contribution < 1.29 is 4.74 Å². The second-order valence-electron chi connectivity index (χ2n) is 4.23. The summed E-state index contributed by atoms with van der Waals surface area (Å²) in [6, 6.07) is 5.95. The third-order valence-corrected chi connectivity index (χ3v) is 3.41. The van der Waals surface area contributed by atoms with E-state index in [1.807, 2.05) is 39.1 Å². The number of aryl methyl sites for hydroxylation is 3. The molecule has 96 valence electrons. The van der Waals surface area contributed by atoms with E-state index in [9.17, 15) is 0 Å². The zero-order chi connectivity index (χ0) is 13.3. The molecule has 0 radical (unpaired) electrons. The minimum Gasteiger partial charge on any atom is -0.438 e. The molecule has 0 unspecified atom stereocenters. The lowest BCUT2D eigenvalue weighted by atomic mass is 10.2. The number of halogens is 1. The smallest absolute Gasteiger partial charge is 0.222 e. The van der Waals surface area contributed by atoms with Crippen LogP contribution in [0, 0.1) is 13.8 Å². The molecular formula is C13H16BrN3O. The summed E-state index contributed by atoms with van der Waals surface area (Å²) in [7, 11) is 1.85. The summed E-state index contributed by atoms with van der Waals surface area (Å²) in [5, 5.41) is 4.32. The van der Waals surface area contributed by atoms with Gasteiger partial charge in [0.2, 0.25) is 5.88 Å². The van der Waals surface area contributed by atoms with Crippen molar-refractivity contribution in [2.75, 3.05) is 0 Å². The van der Waals surface area contributed by atoms with Crippen molar-refractivity contribution in [1.29, 1.82) is 0 Å². The van der Waals surface area contributed by atoms with E-state index in [2.05, 4.69) is 21.0 Å². The largest absolute Gasteiger partial charge is 0.438 e. The average Bonchev–Trinajstić information content (AvgIpc) is 2.57. The maximum atomic E-state index is 5.91. The molecule has 1 heterocycles. The Morgan fingerprint density at radius 1 is 1.39 bits per heavy atom. The summed E-state index contributed by atoms with van der Waals surface area (Å²) in [6.07, 6.45) is 0. The second-order valence-corrected chi connectivity index (χ2v) is 5.09. The van der Waals surface area contributed by atoms with Crippen molar-refractivity contribution in [2.24, 2.45) is 12.8 Å². The van der Waals surface area contributed by atoms with Crippen LogP contribution in [0.15, 0.2) is 22.7 Å². The highest BCUT2D eigenvalue weighted by Gasteiger charge is 2.15. The summed E-state index contributed by atoms with van der Waals surface area (Å²) in [6.45, 7) is 4.38. The molecule has 4 nitrogen and oxygen atoms in total. The molecule has 0 spiro atoms. The maximum absolute atomic E-state index is 5.91. The minimum absolute atomic E-state index is 0.415. The molecule has 2 rings (SSSR count). The second kappa shape index (κ2) is 5.12. The fourth-order valence-electron chi connectivity index (χ4n) is 1.84. The molecular weight excluding hydrogens is 294 g/mol. The summed E-state index contributed by atoms with van der Waals surface area (Å²) in [5.41, 5.74) is 8.75. The van der Waals surface area contributed by atoms with Gasteiger partial charge in [-0.05, 0) is 47.5 Å². The van der Waals surface area contributed by atoms with Crippen LogP contribution in [0.25, 0.3) is 0 Å². The van der Waals surface area contributed by atoms with Gasteiger partial charge in [0.05, 0.1) is 15.7 Å². The molecule has 1 aromatic carbocycles. The average molecular weight is 310 g/mol. The molecule has 5 heteroatoms. The van der Waals surface area contributed by atoms with E-state index in [1.165, 1.54) is 5.56 Å². The number of benzene rings is 1. The molecule has 18 heavy (non-hydrogen) atoms. The molecule has 0 aliphatic carbocycles. The molecule has 0 aliphatic rings. The normalized spacial score (nSPS) is 10.7. The van der Waals surface area contributed by atoms with E-state index < -0.39 is 0 Å². The van der Waals surface area contributed by atoms with E-state index >= 15 is 0 Å². The number of hydrogen-bond donors (Lipinski definition) is 1. The summed E-state index contributed by atoms with van der Waals surface area (Å²) < 4.78 is 8.54. The van der Waals surface area contributed by atoms with Crippen LogP contribution < -0.4 is 10.5 Å². The van der Waals surface area contributed by atoms with E-state index in [1.54, 1.807) is 4.68 Å². The first-order valence-corrected chi connectivity index (χ1v) is 6.48. The molecule has 0 saturated heterocycles. The van der Waals surface area contributed by atoms with Gasteiger partial charge in [0.1, 0.15) is 5.75 Å². The molecule has 0 amide bonds. The number of nitrogens with zero attached hydrogens (tertiary/aromatic N) is 2. The van der Waals surface area contributed by atoms with Crippen LogP contribution in [-0.2, 0) is 13.6 Å². The Hall–Kier alpha value is -1.33. The van der Waals surface area contributed by atoms with Crippen LogP contribution in [0.2, 0.25) is 0 Å². The SMILES string of the molecule is Cc1ccc(Oc2c(CN)c(C)nn2C)c(Br)c1. The highest BCUT2D eigenvalue weighted by atomic mass is 79.9. The third kappa shape index (κ3) is 2.42. The van der Waals surface area contributed by atoms with Gasteiger partial charge in [-0.15, -0.1) is 0 Å². The molecule has 0 atom stereocenters. The predicted octanol–water partition coefficient (Wildman–Crippen LogP) is 3.05. The van der Waals surface area contributed by atoms with Crippen molar-refractivity contribution >= 4 is 15.9 Å². The van der Waals surface area contributed by atoms with Crippen LogP contribution >= 0.6 is 15.9 Å². The van der Waals surface area contributed by atoms with Gasteiger partial charge >= 0.3 is 0 Å². The maximum Gasteiger partial charge on any atom is 0.222 e. The molecule has 0 bridgehead atoms. The number of hydrogen-bond acceptors (Lipinski definition) is 3. The van der Waals surface area contributed by atoms with Crippen molar-refractivity contribution in [1.82, 2.24) is 9.78 Å². The van der Waals surface area contributed by atoms with E-state index in [-0.39, 0.29) is 0 Å². The zero-order valence-electron chi connectivity index (χ0n) is 10.7. The van der Waals surface area contributed by atoms with Gasteiger partial charge in [-0.2, -0.15) is 5.10 Å². The fraction of sp³-hybridized carbons (Fsp3) is 0.308. The van der Waals surface area contributed by atoms with Crippen molar-refractivity contribution in [3.05, 3.63) is 39.5 Å². The highest BCUT2D eigenvalue weighted by Crippen LogP contribution is 2.32. The first-order valence-electron chi connectivity index (χ1n) is 5.69. The number of nitrogens with two attached hydrogens (primary N) is 1. The van der Waals surface area contributed by atoms with Gasteiger partial charge in [0.15, 0.2) is 0 Å². The van der Waals surface area contributed by atoms with Crippen molar-refractivity contribution in [2.45, 2.75) is 20.4 Å². The Balaban J connectivity index is 2.39. The Morgan fingerprint density at radius 3 is 2.72 bits per heavy atom. The fourth-order valence-corrected chi connectivity index (χ4v) is 2.41. The monoisotopic (exact) mass is 309 g/mol. The van der Waals surface area contributed by atoms with Crippen molar-refractivity contribution in [3.63, 3.8) is 0 Å². The van der Waals surface area contributed by atoms with Gasteiger partial charge in [-0.1, -0.05) is 6.07 Å². The Bertz CT molecular complexity index is 578. The molecule has 2 N–H and O–H groups in total. The quantitative estimate of drug-likeness (QED) is 0.948. The standard InChI is InChI=1S/C13H16BrN3O/c1-8-4-5-12(11(14)6-8)18-13-10(7-15)9(2)16-17(13)3/h4-6H,7,15H2,1-3H3. The van der Waals surface area contributed by atoms with Gasteiger partial charge in [0.25, 0.3) is 0 Å². The molecule has 0 fully saturated rings. The molecule has 2 aromatic rings. The van der Waals surface area contributed by atoms with Crippen molar-refractivity contribution in [3.8, 4) is 11.6 Å². The molecule has 1 aromatic heterocycles. The summed E-state index contributed by atoms with van der Waals surface area (Å²) >= 11 is 3.50. The number of ether oxygens (including phenoxy) is 1. The van der Waals surface area contributed by atoms with Crippen LogP contribution in [0.5, 0.6) is 11.6 Å². The lowest BCUT2D eigenvalue weighted by molar-refractivity contribution is 0.423. The van der Waals surface area contributed by atoms with Gasteiger partial charge in [-0.25, -0.2) is 4.68 Å². The Kier molecular flexibility index (Phi) is 3.73. The first kappa shape index (κ1) is 13.1. The van der Waals surface area contributed by atoms with Crippen LogP contribution in [0.3, 0.4) is 0 Å². The number of rotatable bonds is 3. The predicted molar refractivity (Wildman–Crippen MR) is 74.8 cm³/mol. The summed E-state index contributed by atoms with van der Waals surface area (Å²) in [4.78, 5) is 0. The summed E-state index contributed by atoms with van der Waals surface area (Å²) in [5.74, 6) is 1.46. The van der Waals surface area contributed by atoms with Crippen LogP contribution in [-0.4, -0.2) is 9.78 Å². The first-order chi connectivity index (χ1) is 8.52. The lowest BCUT2D eigenvalue weighted by Gasteiger charge is -2.10. The Morgan fingerprint density at radius 2 is 2.11 bits per heavy atom. The van der Waals surface area contributed by atoms with Gasteiger partial charge in [-0.3, -0.25) is 0 Å². The van der Waals surface area contributed by atoms with Gasteiger partial charge < -0.3 is 10.5 Å². The van der Waals surface area contributed by atoms with E-state index in [4.69, 9.17) is 10.5 Å². The third-order valence-electron chi connectivity index (χ3n) is 2.79. The molecule has 0 aliphatic heterocycles. The van der Waals surface area contributed by atoms with E-state index in [0.717, 1.165) is 21.5 Å².